The van der Waals surface area contributed by atoms with E-state index in [2.05, 4.69) is 15.4 Å². The molecule has 32 heavy (non-hydrogen) atoms. The molecule has 0 aliphatic carbocycles. The molecule has 13 heteroatoms. The number of rotatable bonds is 5. The van der Waals surface area contributed by atoms with E-state index < -0.39 is 40.6 Å². The van der Waals surface area contributed by atoms with Crippen molar-refractivity contribution in [3.8, 4) is 11.4 Å². The summed E-state index contributed by atoms with van der Waals surface area (Å²) in [7, 11) is 1.47. The molecule has 3 aromatic rings. The molecule has 0 bridgehead atoms. The Morgan fingerprint density at radius 1 is 1.06 bits per heavy atom. The van der Waals surface area contributed by atoms with Crippen LogP contribution in [0.4, 0.5) is 26.3 Å². The lowest BCUT2D eigenvalue weighted by atomic mass is 10.0. The topological polar surface area (TPSA) is 81.8 Å². The van der Waals surface area contributed by atoms with E-state index in [4.69, 9.17) is 0 Å². The third kappa shape index (κ3) is 4.98. The zero-order valence-corrected chi connectivity index (χ0v) is 16.3. The van der Waals surface area contributed by atoms with Gasteiger partial charge in [0, 0.05) is 37.1 Å². The van der Waals surface area contributed by atoms with Crippen molar-refractivity contribution in [3.63, 3.8) is 0 Å². The molecule has 0 aliphatic heterocycles. The third-order valence-corrected chi connectivity index (χ3v) is 4.42. The highest BCUT2D eigenvalue weighted by atomic mass is 19.4. The molecule has 0 aliphatic rings. The second kappa shape index (κ2) is 8.48. The fourth-order valence-electron chi connectivity index (χ4n) is 2.84. The molecule has 0 atom stereocenters. The van der Waals surface area contributed by atoms with Gasteiger partial charge in [0.05, 0.1) is 17.7 Å². The van der Waals surface area contributed by atoms with Crippen molar-refractivity contribution in [2.75, 3.05) is 6.54 Å². The zero-order chi connectivity index (χ0) is 23.7. The maximum Gasteiger partial charge on any atom is 0.416 e. The molecule has 170 valence electrons. The summed E-state index contributed by atoms with van der Waals surface area (Å²) in [5, 5.41) is 6.33. The zero-order valence-electron chi connectivity index (χ0n) is 16.3. The van der Waals surface area contributed by atoms with E-state index in [1.807, 2.05) is 0 Å². The Kier molecular flexibility index (Phi) is 6.10. The highest BCUT2D eigenvalue weighted by molar-refractivity contribution is 5.94. The number of nitrogens with one attached hydrogen (secondary N) is 1. The van der Waals surface area contributed by atoms with Crippen LogP contribution in [0.25, 0.3) is 11.4 Å². The summed E-state index contributed by atoms with van der Waals surface area (Å²) in [5.74, 6) is -0.861. The van der Waals surface area contributed by atoms with Crippen molar-refractivity contribution in [1.82, 2.24) is 24.6 Å². The summed E-state index contributed by atoms with van der Waals surface area (Å²) in [5.41, 5.74) is -3.98. The number of hydrogen-bond acceptors (Lipinski definition) is 4. The van der Waals surface area contributed by atoms with Crippen molar-refractivity contribution >= 4 is 5.91 Å². The van der Waals surface area contributed by atoms with Gasteiger partial charge in [-0.25, -0.2) is 9.48 Å². The first-order valence-electron chi connectivity index (χ1n) is 9.00. The second-order valence-electron chi connectivity index (χ2n) is 6.68. The molecule has 0 saturated carbocycles. The van der Waals surface area contributed by atoms with E-state index >= 15 is 0 Å². The largest absolute Gasteiger partial charge is 0.416 e. The van der Waals surface area contributed by atoms with Gasteiger partial charge in [0.1, 0.15) is 0 Å². The number of pyridine rings is 1. The smallest absolute Gasteiger partial charge is 0.350 e. The van der Waals surface area contributed by atoms with Crippen LogP contribution in [-0.2, 0) is 25.9 Å². The maximum absolute atomic E-state index is 12.9. The second-order valence-corrected chi connectivity index (χ2v) is 6.68. The van der Waals surface area contributed by atoms with Crippen LogP contribution in [0, 0.1) is 0 Å². The summed E-state index contributed by atoms with van der Waals surface area (Å²) in [6.45, 7) is -0.427. The summed E-state index contributed by atoms with van der Waals surface area (Å²) < 4.78 is 79.9. The molecule has 0 spiro atoms. The van der Waals surface area contributed by atoms with Crippen LogP contribution in [0.15, 0.2) is 47.5 Å². The number of benzene rings is 1. The molecule has 0 saturated heterocycles. The van der Waals surface area contributed by atoms with Gasteiger partial charge in [-0.1, -0.05) is 0 Å². The normalized spacial score (nSPS) is 12.1. The lowest BCUT2D eigenvalue weighted by molar-refractivity contribution is -0.143. The van der Waals surface area contributed by atoms with Crippen LogP contribution < -0.4 is 11.0 Å². The van der Waals surface area contributed by atoms with Crippen LogP contribution in [0.1, 0.15) is 21.5 Å². The standard InChI is InChI=1S/C19H15F6N5O2/c1-29-15(11-3-2-4-26-10-11)28-30(17(29)32)6-5-27-16(31)12-7-13(18(20,21)22)9-14(8-12)19(23,24)25/h2-4,7-10H,5-6H2,1H3,(H,27,31). The van der Waals surface area contributed by atoms with Crippen LogP contribution in [-0.4, -0.2) is 31.8 Å². The number of aromatic nitrogens is 4. The number of nitrogens with zero attached hydrogens (tertiary/aromatic N) is 4. The van der Waals surface area contributed by atoms with Crippen LogP contribution in [0.5, 0.6) is 0 Å². The minimum Gasteiger partial charge on any atom is -0.350 e. The number of carbonyl (C=O) groups is 1. The van der Waals surface area contributed by atoms with E-state index in [0.717, 1.165) is 4.68 Å². The Labute approximate surface area is 176 Å². The molecule has 0 unspecified atom stereocenters. The first kappa shape index (κ1) is 23.0. The molecule has 0 radical (unpaired) electrons. The molecule has 1 amide bonds. The van der Waals surface area contributed by atoms with Gasteiger partial charge >= 0.3 is 18.0 Å². The predicted molar refractivity (Wildman–Crippen MR) is 99.5 cm³/mol. The monoisotopic (exact) mass is 459 g/mol. The number of carbonyl (C=O) groups excluding carboxylic acids is 1. The van der Waals surface area contributed by atoms with Crippen LogP contribution >= 0.6 is 0 Å². The molecule has 1 N–H and O–H groups in total. The fourth-order valence-corrected chi connectivity index (χ4v) is 2.84. The Hall–Kier alpha value is -3.64. The van der Waals surface area contributed by atoms with Gasteiger partial charge in [-0.15, -0.1) is 5.10 Å². The summed E-state index contributed by atoms with van der Waals surface area (Å²) in [4.78, 5) is 28.4. The highest BCUT2D eigenvalue weighted by Gasteiger charge is 2.37. The van der Waals surface area contributed by atoms with Crippen LogP contribution in [0.2, 0.25) is 0 Å². The average molecular weight is 459 g/mol. The first-order valence-corrected chi connectivity index (χ1v) is 9.00. The van der Waals surface area contributed by atoms with Crippen LogP contribution in [0.3, 0.4) is 0 Å². The van der Waals surface area contributed by atoms with Gasteiger partial charge in [0.15, 0.2) is 5.82 Å². The first-order chi connectivity index (χ1) is 14.9. The van der Waals surface area contributed by atoms with Crippen molar-refractivity contribution in [2.45, 2.75) is 18.9 Å². The predicted octanol–water partition coefficient (Wildman–Crippen LogP) is 3.11. The minimum atomic E-state index is -5.07. The molecular weight excluding hydrogens is 444 g/mol. The van der Waals surface area contributed by atoms with Gasteiger partial charge in [0.2, 0.25) is 0 Å². The molecule has 2 aromatic heterocycles. The van der Waals surface area contributed by atoms with Crippen molar-refractivity contribution in [2.24, 2.45) is 7.05 Å². The maximum atomic E-state index is 12.9. The Morgan fingerprint density at radius 3 is 2.22 bits per heavy atom. The number of alkyl halides is 6. The molecule has 0 fully saturated rings. The van der Waals surface area contributed by atoms with Crippen molar-refractivity contribution in [1.29, 1.82) is 0 Å². The molecular formula is C19H15F6N5O2. The molecule has 2 heterocycles. The van der Waals surface area contributed by atoms with E-state index in [1.54, 1.807) is 12.1 Å². The summed E-state index contributed by atoms with van der Waals surface area (Å²) in [6.07, 6.45) is -7.12. The summed E-state index contributed by atoms with van der Waals surface area (Å²) >= 11 is 0. The van der Waals surface area contributed by atoms with E-state index in [9.17, 15) is 35.9 Å². The lowest BCUT2D eigenvalue weighted by Crippen LogP contribution is -2.32. The molecule has 1 aromatic carbocycles. The van der Waals surface area contributed by atoms with Crippen molar-refractivity contribution < 1.29 is 31.1 Å². The fraction of sp³-hybridized carbons (Fsp3) is 0.263. The lowest BCUT2D eigenvalue weighted by Gasteiger charge is -2.14. The number of amides is 1. The average Bonchev–Trinajstić information content (AvgIpc) is 3.01. The van der Waals surface area contributed by atoms with Gasteiger partial charge in [-0.2, -0.15) is 26.3 Å². The van der Waals surface area contributed by atoms with E-state index in [0.29, 0.717) is 23.5 Å². The number of halogens is 6. The van der Waals surface area contributed by atoms with Gasteiger partial charge in [0.25, 0.3) is 5.91 Å². The SMILES string of the molecule is Cn1c(-c2cccnc2)nn(CCNC(=O)c2cc(C(F)(F)F)cc(C(F)(F)F)c2)c1=O. The quantitative estimate of drug-likeness (QED) is 0.595. The van der Waals surface area contributed by atoms with Gasteiger partial charge < -0.3 is 5.32 Å². The molecule has 7 nitrogen and oxygen atoms in total. The van der Waals surface area contributed by atoms with Crippen molar-refractivity contribution in [3.05, 3.63) is 69.9 Å². The summed E-state index contributed by atoms with van der Waals surface area (Å²) in [6, 6.07) is 3.91. The Morgan fingerprint density at radius 2 is 1.69 bits per heavy atom. The molecule has 3 rings (SSSR count). The van der Waals surface area contributed by atoms with Gasteiger partial charge in [-0.3, -0.25) is 14.3 Å². The Bertz CT molecular complexity index is 1150. The van der Waals surface area contributed by atoms with E-state index in [-0.39, 0.29) is 19.2 Å². The highest BCUT2D eigenvalue weighted by Crippen LogP contribution is 2.36. The number of hydrogen-bond donors (Lipinski definition) is 1. The van der Waals surface area contributed by atoms with Gasteiger partial charge in [-0.05, 0) is 30.3 Å². The minimum absolute atomic E-state index is 0.0653. The Balaban J connectivity index is 1.77. The third-order valence-electron chi connectivity index (χ3n) is 4.42. The van der Waals surface area contributed by atoms with E-state index in [1.165, 1.54) is 24.0 Å².